The van der Waals surface area contributed by atoms with Crippen molar-refractivity contribution in [2.75, 3.05) is 0 Å². The third-order valence-corrected chi connectivity index (χ3v) is 4.66. The van der Waals surface area contributed by atoms with Crippen LogP contribution in [0, 0.1) is 0 Å². The van der Waals surface area contributed by atoms with Crippen molar-refractivity contribution in [2.24, 2.45) is 5.73 Å². The summed E-state index contributed by atoms with van der Waals surface area (Å²) < 4.78 is 64.0. The number of carbonyl (C=O) groups is 1. The smallest absolute Gasteiger partial charge is 0.406 e. The number of hydrogen-bond acceptors (Lipinski definition) is 4. The summed E-state index contributed by atoms with van der Waals surface area (Å²) >= 11 is 0. The molecule has 2 N–H and O–H groups in total. The van der Waals surface area contributed by atoms with E-state index in [2.05, 4.69) is 4.74 Å². The van der Waals surface area contributed by atoms with Crippen molar-refractivity contribution >= 4 is 15.7 Å². The van der Waals surface area contributed by atoms with Crippen LogP contribution in [0.4, 0.5) is 13.2 Å². The van der Waals surface area contributed by atoms with Crippen LogP contribution in [0.15, 0.2) is 29.2 Å². The van der Waals surface area contributed by atoms with Gasteiger partial charge in [-0.15, -0.1) is 13.2 Å². The Labute approximate surface area is 113 Å². The summed E-state index contributed by atoms with van der Waals surface area (Å²) in [5, 5.41) is -1.50. The maximum Gasteiger partial charge on any atom is 0.573 e. The molecule has 5 nitrogen and oxygen atoms in total. The van der Waals surface area contributed by atoms with Gasteiger partial charge in [-0.2, -0.15) is 0 Å². The Hall–Kier alpha value is -1.77. The van der Waals surface area contributed by atoms with E-state index < -0.39 is 38.0 Å². The molecular weight excluding hydrogens is 299 g/mol. The molecule has 1 aromatic carbocycles. The Morgan fingerprint density at radius 1 is 1.40 bits per heavy atom. The summed E-state index contributed by atoms with van der Waals surface area (Å²) in [6.45, 7) is 1.43. The molecule has 1 unspecified atom stereocenters. The van der Waals surface area contributed by atoms with Crippen LogP contribution in [0.25, 0.3) is 0 Å². The summed E-state index contributed by atoms with van der Waals surface area (Å²) in [6.07, 6.45) is -5.02. The summed E-state index contributed by atoms with van der Waals surface area (Å²) in [5.74, 6) is -1.74. The molecule has 20 heavy (non-hydrogen) atoms. The van der Waals surface area contributed by atoms with Crippen LogP contribution in [0.1, 0.15) is 13.3 Å². The average Bonchev–Trinajstić information content (AvgIpc) is 2.26. The molecule has 0 aromatic heterocycles. The zero-order chi connectivity index (χ0) is 15.6. The highest BCUT2D eigenvalue weighted by molar-refractivity contribution is 7.92. The molecule has 0 aliphatic carbocycles. The molecule has 0 radical (unpaired) electrons. The van der Waals surface area contributed by atoms with Crippen molar-refractivity contribution in [3.05, 3.63) is 24.3 Å². The van der Waals surface area contributed by atoms with Gasteiger partial charge in [-0.3, -0.25) is 4.79 Å². The number of nitrogens with two attached hydrogens (primary N) is 1. The highest BCUT2D eigenvalue weighted by Crippen LogP contribution is 2.27. The summed E-state index contributed by atoms with van der Waals surface area (Å²) in [6, 6.07) is 3.82. The second-order valence-electron chi connectivity index (χ2n) is 3.87. The van der Waals surface area contributed by atoms with Crippen LogP contribution in [0.3, 0.4) is 0 Å². The van der Waals surface area contributed by atoms with E-state index in [1.54, 1.807) is 0 Å². The Bertz CT molecular complexity index is 598. The van der Waals surface area contributed by atoms with Gasteiger partial charge in [0.25, 0.3) is 0 Å². The lowest BCUT2D eigenvalue weighted by Crippen LogP contribution is -2.35. The number of alkyl halides is 3. The largest absolute Gasteiger partial charge is 0.573 e. The van der Waals surface area contributed by atoms with Gasteiger partial charge in [0.2, 0.25) is 5.91 Å². The number of amides is 1. The number of carbonyl (C=O) groups excluding carboxylic acids is 1. The fourth-order valence-corrected chi connectivity index (χ4v) is 3.21. The fraction of sp³-hybridized carbons (Fsp3) is 0.364. The normalized spacial score (nSPS) is 13.8. The minimum atomic E-state index is -4.93. The Morgan fingerprint density at radius 3 is 2.45 bits per heavy atom. The zero-order valence-corrected chi connectivity index (χ0v) is 11.2. The van der Waals surface area contributed by atoms with Gasteiger partial charge in [-0.25, -0.2) is 8.42 Å². The number of ether oxygens (including phenoxy) is 1. The van der Waals surface area contributed by atoms with E-state index >= 15 is 0 Å². The van der Waals surface area contributed by atoms with E-state index in [9.17, 15) is 26.4 Å². The SMILES string of the molecule is CCC(C(N)=O)S(=O)(=O)c1cccc(OC(F)(F)F)c1. The minimum absolute atomic E-state index is 0.0813. The number of hydrogen-bond donors (Lipinski definition) is 1. The predicted octanol–water partition coefficient (Wildman–Crippen LogP) is 1.62. The maximum atomic E-state index is 12.1. The number of primary amides is 1. The zero-order valence-electron chi connectivity index (χ0n) is 10.3. The van der Waals surface area contributed by atoms with Gasteiger partial charge >= 0.3 is 6.36 Å². The average molecular weight is 311 g/mol. The highest BCUT2D eigenvalue weighted by atomic mass is 32.2. The molecule has 0 fully saturated rings. The second kappa shape index (κ2) is 5.70. The van der Waals surface area contributed by atoms with Gasteiger partial charge in [0.05, 0.1) is 4.90 Å². The van der Waals surface area contributed by atoms with Crippen LogP contribution < -0.4 is 10.5 Å². The lowest BCUT2D eigenvalue weighted by Gasteiger charge is -2.14. The first-order valence-corrected chi connectivity index (χ1v) is 7.01. The summed E-state index contributed by atoms with van der Waals surface area (Å²) in [7, 11) is -4.15. The second-order valence-corrected chi connectivity index (χ2v) is 6.00. The number of benzene rings is 1. The van der Waals surface area contributed by atoms with Crippen molar-refractivity contribution in [3.8, 4) is 5.75 Å². The molecular formula is C11H12F3NO4S. The van der Waals surface area contributed by atoms with Gasteiger partial charge in [0.1, 0.15) is 11.0 Å². The van der Waals surface area contributed by atoms with Gasteiger partial charge < -0.3 is 10.5 Å². The Kier molecular flexibility index (Phi) is 4.64. The lowest BCUT2D eigenvalue weighted by atomic mass is 10.3. The van der Waals surface area contributed by atoms with Crippen LogP contribution in [0.5, 0.6) is 5.75 Å². The molecule has 9 heteroatoms. The van der Waals surface area contributed by atoms with E-state index in [4.69, 9.17) is 5.73 Å². The van der Waals surface area contributed by atoms with Gasteiger partial charge in [0, 0.05) is 0 Å². The van der Waals surface area contributed by atoms with Crippen molar-refractivity contribution < 1.29 is 31.1 Å². The van der Waals surface area contributed by atoms with E-state index in [1.807, 2.05) is 0 Å². The van der Waals surface area contributed by atoms with Crippen molar-refractivity contribution in [1.82, 2.24) is 0 Å². The molecule has 1 rings (SSSR count). The highest BCUT2D eigenvalue weighted by Gasteiger charge is 2.33. The van der Waals surface area contributed by atoms with E-state index in [-0.39, 0.29) is 6.42 Å². The van der Waals surface area contributed by atoms with Crippen LogP contribution in [0.2, 0.25) is 0 Å². The minimum Gasteiger partial charge on any atom is -0.406 e. The number of halogens is 3. The molecule has 0 heterocycles. The molecule has 0 saturated carbocycles. The number of rotatable bonds is 5. The molecule has 1 amide bonds. The van der Waals surface area contributed by atoms with Crippen LogP contribution in [-0.2, 0) is 14.6 Å². The maximum absolute atomic E-state index is 12.1. The summed E-state index contributed by atoms with van der Waals surface area (Å²) in [5.41, 5.74) is 4.98. The first-order chi connectivity index (χ1) is 9.08. The Balaban J connectivity index is 3.20. The first-order valence-electron chi connectivity index (χ1n) is 5.47. The molecule has 0 bridgehead atoms. The van der Waals surface area contributed by atoms with Crippen LogP contribution >= 0.6 is 0 Å². The van der Waals surface area contributed by atoms with Crippen LogP contribution in [-0.4, -0.2) is 25.9 Å². The number of sulfone groups is 1. The topological polar surface area (TPSA) is 86.5 Å². The van der Waals surface area contributed by atoms with Gasteiger partial charge in [0.15, 0.2) is 9.84 Å². The molecule has 0 spiro atoms. The molecule has 0 aliphatic rings. The lowest BCUT2D eigenvalue weighted by molar-refractivity contribution is -0.274. The standard InChI is InChI=1S/C11H12F3NO4S/c1-2-9(10(15)16)20(17,18)8-5-3-4-7(6-8)19-11(12,13)14/h3-6,9H,2H2,1H3,(H2,15,16). The third kappa shape index (κ3) is 3.86. The fourth-order valence-electron chi connectivity index (χ4n) is 1.59. The van der Waals surface area contributed by atoms with E-state index in [0.29, 0.717) is 6.07 Å². The first kappa shape index (κ1) is 16.3. The molecule has 1 atom stereocenters. The van der Waals surface area contributed by atoms with Crippen molar-refractivity contribution in [1.29, 1.82) is 0 Å². The Morgan fingerprint density at radius 2 is 2.00 bits per heavy atom. The van der Waals surface area contributed by atoms with E-state index in [1.165, 1.54) is 6.92 Å². The van der Waals surface area contributed by atoms with Crippen molar-refractivity contribution in [3.63, 3.8) is 0 Å². The third-order valence-electron chi connectivity index (χ3n) is 2.43. The molecule has 112 valence electrons. The summed E-state index contributed by atoms with van der Waals surface area (Å²) in [4.78, 5) is 10.6. The quantitative estimate of drug-likeness (QED) is 0.895. The molecule has 1 aromatic rings. The van der Waals surface area contributed by atoms with Crippen molar-refractivity contribution in [2.45, 2.75) is 29.9 Å². The predicted molar refractivity (Wildman–Crippen MR) is 63.6 cm³/mol. The van der Waals surface area contributed by atoms with Gasteiger partial charge in [-0.05, 0) is 24.6 Å². The van der Waals surface area contributed by atoms with E-state index in [0.717, 1.165) is 18.2 Å². The van der Waals surface area contributed by atoms with Gasteiger partial charge in [-0.1, -0.05) is 13.0 Å². The molecule has 0 saturated heterocycles. The monoisotopic (exact) mass is 311 g/mol. The molecule has 0 aliphatic heterocycles.